The van der Waals surface area contributed by atoms with E-state index in [9.17, 15) is 4.79 Å². The lowest BCUT2D eigenvalue weighted by Crippen LogP contribution is -2.41. The average molecular weight is 355 g/mol. The molecule has 1 amide bonds. The second-order valence-electron chi connectivity index (χ2n) is 5.83. The number of halogens is 1. The summed E-state index contributed by atoms with van der Waals surface area (Å²) in [5.74, 6) is 2.03. The van der Waals surface area contributed by atoms with Crippen LogP contribution in [-0.4, -0.2) is 51.7 Å². The molecule has 2 rings (SSSR count). The van der Waals surface area contributed by atoms with E-state index in [0.717, 1.165) is 31.6 Å². The number of nitrogens with zero attached hydrogens (tertiary/aromatic N) is 1. The van der Waals surface area contributed by atoms with E-state index >= 15 is 0 Å². The van der Waals surface area contributed by atoms with Gasteiger partial charge in [-0.2, -0.15) is 0 Å². The molecule has 1 aromatic rings. The Bertz CT molecular complexity index is 539. The molecule has 0 aromatic heterocycles. The minimum atomic E-state index is 0. The minimum Gasteiger partial charge on any atom is -0.497 e. The van der Waals surface area contributed by atoms with Crippen LogP contribution in [0.2, 0.25) is 0 Å². The van der Waals surface area contributed by atoms with Crippen molar-refractivity contribution in [1.82, 2.24) is 10.2 Å². The van der Waals surface area contributed by atoms with Crippen molar-refractivity contribution in [2.75, 3.05) is 40.9 Å². The van der Waals surface area contributed by atoms with Gasteiger partial charge in [0.2, 0.25) is 5.91 Å². The Kier molecular flexibility index (Phi) is 8.65. The topological polar surface area (TPSA) is 50.8 Å². The van der Waals surface area contributed by atoms with Crippen LogP contribution in [0.15, 0.2) is 24.3 Å². The third-order valence-corrected chi connectivity index (χ3v) is 4.12. The predicted octanol–water partition coefficient (Wildman–Crippen LogP) is 2.60. The van der Waals surface area contributed by atoms with Gasteiger partial charge < -0.3 is 19.7 Å². The molecule has 0 bridgehead atoms. The third kappa shape index (κ3) is 5.73. The summed E-state index contributed by atoms with van der Waals surface area (Å²) in [4.78, 5) is 14.3. The number of rotatable bonds is 6. The number of carbonyl (C=O) groups is 1. The second-order valence-corrected chi connectivity index (χ2v) is 5.83. The van der Waals surface area contributed by atoms with Crippen molar-refractivity contribution in [3.8, 4) is 11.5 Å². The summed E-state index contributed by atoms with van der Waals surface area (Å²) in [6.45, 7) is 2.62. The average Bonchev–Trinajstić information content (AvgIpc) is 2.59. The van der Waals surface area contributed by atoms with Crippen LogP contribution in [0, 0.1) is 5.92 Å². The molecule has 6 heteroatoms. The Labute approximate surface area is 150 Å². The Morgan fingerprint density at radius 1 is 1.29 bits per heavy atom. The molecule has 134 valence electrons. The van der Waals surface area contributed by atoms with Gasteiger partial charge in [0.1, 0.15) is 11.5 Å². The van der Waals surface area contributed by atoms with E-state index < -0.39 is 0 Å². The zero-order valence-electron chi connectivity index (χ0n) is 14.6. The highest BCUT2D eigenvalue weighted by atomic mass is 35.5. The Hall–Kier alpha value is -1.72. The molecule has 1 fully saturated rings. The molecule has 0 saturated carbocycles. The minimum absolute atomic E-state index is 0. The standard InChI is InChI=1S/C18H26N2O3.ClH/c1-19-12-15-5-4-8-20(13-15)18(21)7-6-14-9-16(22-2)11-17(10-14)23-3;/h6-7,9-11,15,19H,4-5,8,12-13H2,1-3H3;1H. The summed E-state index contributed by atoms with van der Waals surface area (Å²) in [6, 6.07) is 5.57. The first kappa shape index (κ1) is 20.3. The lowest BCUT2D eigenvalue weighted by Gasteiger charge is -2.32. The molecule has 1 saturated heterocycles. The van der Waals surface area contributed by atoms with Crippen molar-refractivity contribution < 1.29 is 14.3 Å². The molecule has 1 heterocycles. The first-order valence-corrected chi connectivity index (χ1v) is 8.01. The normalized spacial score (nSPS) is 17.5. The maximum absolute atomic E-state index is 12.4. The Balaban J connectivity index is 0.00000288. The molecule has 1 aliphatic heterocycles. The molecule has 1 aromatic carbocycles. The SMILES string of the molecule is CNCC1CCCN(C(=O)C=Cc2cc(OC)cc(OC)c2)C1.Cl. The highest BCUT2D eigenvalue weighted by molar-refractivity contribution is 5.92. The number of nitrogens with one attached hydrogen (secondary N) is 1. The smallest absolute Gasteiger partial charge is 0.246 e. The summed E-state index contributed by atoms with van der Waals surface area (Å²) in [5, 5.41) is 3.20. The maximum Gasteiger partial charge on any atom is 0.246 e. The van der Waals surface area contributed by atoms with E-state index in [1.165, 1.54) is 6.42 Å². The van der Waals surface area contributed by atoms with Gasteiger partial charge >= 0.3 is 0 Å². The molecular formula is C18H27ClN2O3. The molecule has 5 nitrogen and oxygen atoms in total. The molecule has 1 unspecified atom stereocenters. The number of amides is 1. The molecule has 24 heavy (non-hydrogen) atoms. The Morgan fingerprint density at radius 2 is 1.96 bits per heavy atom. The summed E-state index contributed by atoms with van der Waals surface area (Å²) in [5.41, 5.74) is 0.887. The number of likely N-dealkylation sites (tertiary alicyclic amines) is 1. The lowest BCUT2D eigenvalue weighted by molar-refractivity contribution is -0.127. The van der Waals surface area contributed by atoms with E-state index in [0.29, 0.717) is 17.4 Å². The highest BCUT2D eigenvalue weighted by Gasteiger charge is 2.21. The zero-order chi connectivity index (χ0) is 16.7. The molecule has 0 aliphatic carbocycles. The molecule has 1 N–H and O–H groups in total. The van der Waals surface area contributed by atoms with E-state index in [-0.39, 0.29) is 18.3 Å². The van der Waals surface area contributed by atoms with Gasteiger partial charge in [-0.3, -0.25) is 4.79 Å². The number of ether oxygens (including phenoxy) is 2. The number of hydrogen-bond acceptors (Lipinski definition) is 4. The van der Waals surface area contributed by atoms with Crippen LogP contribution < -0.4 is 14.8 Å². The van der Waals surface area contributed by atoms with Gasteiger partial charge in [0.15, 0.2) is 0 Å². The van der Waals surface area contributed by atoms with Crippen molar-refractivity contribution in [1.29, 1.82) is 0 Å². The zero-order valence-corrected chi connectivity index (χ0v) is 15.4. The van der Waals surface area contributed by atoms with Crippen LogP contribution in [0.3, 0.4) is 0 Å². The van der Waals surface area contributed by atoms with Gasteiger partial charge in [-0.15, -0.1) is 12.4 Å². The van der Waals surface area contributed by atoms with Crippen LogP contribution >= 0.6 is 12.4 Å². The van der Waals surface area contributed by atoms with Crippen LogP contribution in [0.5, 0.6) is 11.5 Å². The van der Waals surface area contributed by atoms with Crippen molar-refractivity contribution in [2.45, 2.75) is 12.8 Å². The van der Waals surface area contributed by atoms with Crippen molar-refractivity contribution in [3.05, 3.63) is 29.8 Å². The van der Waals surface area contributed by atoms with Crippen LogP contribution in [0.1, 0.15) is 18.4 Å². The first-order chi connectivity index (χ1) is 11.2. The fourth-order valence-electron chi connectivity index (χ4n) is 2.92. The largest absolute Gasteiger partial charge is 0.497 e. The summed E-state index contributed by atoms with van der Waals surface area (Å²) in [7, 11) is 5.18. The lowest BCUT2D eigenvalue weighted by atomic mass is 9.98. The number of methoxy groups -OCH3 is 2. The summed E-state index contributed by atoms with van der Waals surface area (Å²) < 4.78 is 10.5. The summed E-state index contributed by atoms with van der Waals surface area (Å²) in [6.07, 6.45) is 5.70. The molecule has 0 radical (unpaired) electrons. The second kappa shape index (κ2) is 10.2. The monoisotopic (exact) mass is 354 g/mol. The Morgan fingerprint density at radius 3 is 2.54 bits per heavy atom. The quantitative estimate of drug-likeness (QED) is 0.798. The van der Waals surface area contributed by atoms with Gasteiger partial charge in [-0.25, -0.2) is 0 Å². The fourth-order valence-corrected chi connectivity index (χ4v) is 2.92. The van der Waals surface area contributed by atoms with Gasteiger partial charge in [-0.1, -0.05) is 0 Å². The number of piperidine rings is 1. The van der Waals surface area contributed by atoms with Gasteiger partial charge in [0, 0.05) is 25.2 Å². The van der Waals surface area contributed by atoms with Gasteiger partial charge in [0.05, 0.1) is 14.2 Å². The van der Waals surface area contributed by atoms with Crippen molar-refractivity contribution in [2.24, 2.45) is 5.92 Å². The fraction of sp³-hybridized carbons (Fsp3) is 0.500. The maximum atomic E-state index is 12.4. The van der Waals surface area contributed by atoms with E-state index in [1.807, 2.05) is 36.2 Å². The number of benzene rings is 1. The van der Waals surface area contributed by atoms with Crippen molar-refractivity contribution in [3.63, 3.8) is 0 Å². The molecule has 1 atom stereocenters. The summed E-state index contributed by atoms with van der Waals surface area (Å²) >= 11 is 0. The van der Waals surface area contributed by atoms with E-state index in [2.05, 4.69) is 5.32 Å². The number of hydrogen-bond donors (Lipinski definition) is 1. The van der Waals surface area contributed by atoms with Gasteiger partial charge in [0.25, 0.3) is 0 Å². The number of carbonyl (C=O) groups excluding carboxylic acids is 1. The molecule has 0 spiro atoms. The van der Waals surface area contributed by atoms with Gasteiger partial charge in [-0.05, 0) is 56.1 Å². The highest BCUT2D eigenvalue weighted by Crippen LogP contribution is 2.23. The van der Waals surface area contributed by atoms with E-state index in [1.54, 1.807) is 20.3 Å². The van der Waals surface area contributed by atoms with E-state index in [4.69, 9.17) is 9.47 Å². The first-order valence-electron chi connectivity index (χ1n) is 8.01. The third-order valence-electron chi connectivity index (χ3n) is 4.12. The predicted molar refractivity (Wildman–Crippen MR) is 99.1 cm³/mol. The van der Waals surface area contributed by atoms with Crippen LogP contribution in [0.4, 0.5) is 0 Å². The molecular weight excluding hydrogens is 328 g/mol. The molecule has 1 aliphatic rings. The van der Waals surface area contributed by atoms with Crippen molar-refractivity contribution >= 4 is 24.4 Å². The van der Waals surface area contributed by atoms with Crippen LogP contribution in [-0.2, 0) is 4.79 Å². The van der Waals surface area contributed by atoms with Crippen LogP contribution in [0.25, 0.3) is 6.08 Å².